The highest BCUT2D eigenvalue weighted by molar-refractivity contribution is 5.79. The van der Waals surface area contributed by atoms with E-state index in [-0.39, 0.29) is 0 Å². The van der Waals surface area contributed by atoms with Crippen LogP contribution in [0, 0.1) is 0 Å². The average molecular weight is 236 g/mol. The van der Waals surface area contributed by atoms with Gasteiger partial charge in [0, 0.05) is 25.5 Å². The Morgan fingerprint density at radius 3 is 2.94 bits per heavy atom. The quantitative estimate of drug-likeness (QED) is 0.305. The van der Waals surface area contributed by atoms with Crippen LogP contribution in [0.2, 0.25) is 0 Å². The van der Waals surface area contributed by atoms with Gasteiger partial charge < -0.3 is 9.88 Å². The van der Waals surface area contributed by atoms with E-state index in [1.54, 1.807) is 6.20 Å². The molecule has 1 heterocycles. The molecule has 94 valence electrons. The Kier molecular flexibility index (Phi) is 3.98. The summed E-state index contributed by atoms with van der Waals surface area (Å²) in [7, 11) is 1.96. The van der Waals surface area contributed by atoms with Crippen molar-refractivity contribution in [2.24, 2.45) is 17.9 Å². The molecule has 1 aromatic rings. The summed E-state index contributed by atoms with van der Waals surface area (Å²) < 4.78 is 1.95. The van der Waals surface area contributed by atoms with Gasteiger partial charge in [-0.15, -0.1) is 0 Å². The van der Waals surface area contributed by atoms with E-state index in [0.717, 1.165) is 5.82 Å². The van der Waals surface area contributed by atoms with Crippen molar-refractivity contribution in [2.75, 3.05) is 0 Å². The van der Waals surface area contributed by atoms with Crippen molar-refractivity contribution in [3.05, 3.63) is 18.2 Å². The highest BCUT2D eigenvalue weighted by Gasteiger charge is 2.15. The first kappa shape index (κ1) is 11.9. The molecular formula is C11H20N6. The number of guanidine groups is 1. The topological polar surface area (TPSA) is 80.3 Å². The number of hydrogen-bond donors (Lipinski definition) is 3. The SMILES string of the molecule is Cn1ccnc1CN=C(NN)NC1CCCC1. The standard InChI is InChI=1S/C11H20N6/c1-17-7-6-13-10(17)8-14-11(16-12)15-9-4-2-3-5-9/h6-7,9H,2-5,8,12H2,1H3,(H2,14,15,16). The fourth-order valence-electron chi connectivity index (χ4n) is 2.10. The number of nitrogens with one attached hydrogen (secondary N) is 2. The molecule has 0 saturated heterocycles. The van der Waals surface area contributed by atoms with E-state index < -0.39 is 0 Å². The van der Waals surface area contributed by atoms with Gasteiger partial charge in [-0.3, -0.25) is 5.43 Å². The second kappa shape index (κ2) is 5.67. The van der Waals surface area contributed by atoms with Gasteiger partial charge in [0.15, 0.2) is 0 Å². The molecule has 6 nitrogen and oxygen atoms in total. The molecule has 1 fully saturated rings. The Morgan fingerprint density at radius 1 is 1.59 bits per heavy atom. The number of nitrogens with two attached hydrogens (primary N) is 1. The third-order valence-corrected chi connectivity index (χ3v) is 3.13. The minimum Gasteiger partial charge on any atom is -0.353 e. The molecule has 4 N–H and O–H groups in total. The van der Waals surface area contributed by atoms with Crippen LogP contribution in [-0.4, -0.2) is 21.6 Å². The van der Waals surface area contributed by atoms with Crippen molar-refractivity contribution in [2.45, 2.75) is 38.3 Å². The largest absolute Gasteiger partial charge is 0.353 e. The molecule has 0 bridgehead atoms. The molecule has 0 radical (unpaired) electrons. The van der Waals surface area contributed by atoms with Crippen LogP contribution in [-0.2, 0) is 13.6 Å². The van der Waals surface area contributed by atoms with E-state index in [9.17, 15) is 0 Å². The maximum absolute atomic E-state index is 5.46. The molecule has 2 rings (SSSR count). The molecule has 0 amide bonds. The molecule has 0 aliphatic heterocycles. The molecule has 1 aliphatic carbocycles. The zero-order chi connectivity index (χ0) is 12.1. The van der Waals surface area contributed by atoms with Gasteiger partial charge in [0.05, 0.1) is 0 Å². The van der Waals surface area contributed by atoms with Gasteiger partial charge in [-0.25, -0.2) is 15.8 Å². The number of nitrogens with zero attached hydrogens (tertiary/aromatic N) is 3. The number of aromatic nitrogens is 2. The Morgan fingerprint density at radius 2 is 2.35 bits per heavy atom. The third-order valence-electron chi connectivity index (χ3n) is 3.13. The van der Waals surface area contributed by atoms with Crippen LogP contribution in [0.25, 0.3) is 0 Å². The number of rotatable bonds is 3. The number of hydrogen-bond acceptors (Lipinski definition) is 3. The van der Waals surface area contributed by atoms with E-state index in [2.05, 4.69) is 20.7 Å². The number of imidazole rings is 1. The lowest BCUT2D eigenvalue weighted by molar-refractivity contribution is 0.613. The van der Waals surface area contributed by atoms with E-state index >= 15 is 0 Å². The predicted molar refractivity (Wildman–Crippen MR) is 67.1 cm³/mol. The van der Waals surface area contributed by atoms with Crippen molar-refractivity contribution >= 4 is 5.96 Å². The summed E-state index contributed by atoms with van der Waals surface area (Å²) in [5.41, 5.74) is 2.61. The van der Waals surface area contributed by atoms with Crippen LogP contribution in [0.4, 0.5) is 0 Å². The van der Waals surface area contributed by atoms with Crippen LogP contribution in [0.5, 0.6) is 0 Å². The van der Waals surface area contributed by atoms with Gasteiger partial charge in [-0.1, -0.05) is 12.8 Å². The molecule has 0 atom stereocenters. The summed E-state index contributed by atoms with van der Waals surface area (Å²) in [5, 5.41) is 3.32. The second-order valence-electron chi connectivity index (χ2n) is 4.39. The maximum atomic E-state index is 5.46. The van der Waals surface area contributed by atoms with Gasteiger partial charge in [-0.05, 0) is 12.8 Å². The zero-order valence-corrected chi connectivity index (χ0v) is 10.2. The molecular weight excluding hydrogens is 216 g/mol. The first-order chi connectivity index (χ1) is 8.29. The van der Waals surface area contributed by atoms with Crippen molar-refractivity contribution in [3.63, 3.8) is 0 Å². The molecule has 1 aromatic heterocycles. The lowest BCUT2D eigenvalue weighted by Gasteiger charge is -2.14. The van der Waals surface area contributed by atoms with Crippen LogP contribution in [0.15, 0.2) is 17.4 Å². The van der Waals surface area contributed by atoms with Gasteiger partial charge >= 0.3 is 0 Å². The number of hydrazine groups is 1. The fraction of sp³-hybridized carbons (Fsp3) is 0.636. The van der Waals surface area contributed by atoms with Crippen LogP contribution < -0.4 is 16.6 Å². The number of aryl methyl sites for hydroxylation is 1. The fourth-order valence-corrected chi connectivity index (χ4v) is 2.10. The highest BCUT2D eigenvalue weighted by atomic mass is 15.3. The van der Waals surface area contributed by atoms with Crippen molar-refractivity contribution in [3.8, 4) is 0 Å². The average Bonchev–Trinajstić information content (AvgIpc) is 2.96. The van der Waals surface area contributed by atoms with Crippen molar-refractivity contribution in [1.82, 2.24) is 20.3 Å². The monoisotopic (exact) mass is 236 g/mol. The molecule has 1 aliphatic rings. The lowest BCUT2D eigenvalue weighted by atomic mass is 10.2. The second-order valence-corrected chi connectivity index (χ2v) is 4.39. The Balaban J connectivity index is 1.90. The summed E-state index contributed by atoms with van der Waals surface area (Å²) in [6.45, 7) is 0.531. The van der Waals surface area contributed by atoms with Gasteiger partial charge in [0.2, 0.25) is 5.96 Å². The van der Waals surface area contributed by atoms with Crippen LogP contribution in [0.1, 0.15) is 31.5 Å². The zero-order valence-electron chi connectivity index (χ0n) is 10.2. The predicted octanol–water partition coefficient (Wildman–Crippen LogP) is 0.272. The van der Waals surface area contributed by atoms with Crippen molar-refractivity contribution in [1.29, 1.82) is 0 Å². The van der Waals surface area contributed by atoms with E-state index in [4.69, 9.17) is 5.84 Å². The maximum Gasteiger partial charge on any atom is 0.206 e. The van der Waals surface area contributed by atoms with Crippen LogP contribution in [0.3, 0.4) is 0 Å². The van der Waals surface area contributed by atoms with E-state index in [0.29, 0.717) is 18.5 Å². The van der Waals surface area contributed by atoms with E-state index in [1.807, 2.05) is 17.8 Å². The summed E-state index contributed by atoms with van der Waals surface area (Å²) in [4.78, 5) is 8.61. The van der Waals surface area contributed by atoms with Gasteiger partial charge in [0.25, 0.3) is 0 Å². The first-order valence-electron chi connectivity index (χ1n) is 6.03. The summed E-state index contributed by atoms with van der Waals surface area (Å²) in [5.74, 6) is 7.03. The molecule has 0 aromatic carbocycles. The molecule has 0 spiro atoms. The van der Waals surface area contributed by atoms with Crippen molar-refractivity contribution < 1.29 is 0 Å². The first-order valence-corrected chi connectivity index (χ1v) is 6.03. The smallest absolute Gasteiger partial charge is 0.206 e. The van der Waals surface area contributed by atoms with Gasteiger partial charge in [0.1, 0.15) is 12.4 Å². The number of aliphatic imine (C=N–C) groups is 1. The minimum atomic E-state index is 0.506. The highest BCUT2D eigenvalue weighted by Crippen LogP contribution is 2.17. The van der Waals surface area contributed by atoms with E-state index in [1.165, 1.54) is 25.7 Å². The molecule has 17 heavy (non-hydrogen) atoms. The lowest BCUT2D eigenvalue weighted by Crippen LogP contribution is -2.45. The Bertz CT molecular complexity index is 377. The third kappa shape index (κ3) is 3.20. The molecule has 0 unspecified atom stereocenters. The van der Waals surface area contributed by atoms with Crippen LogP contribution >= 0.6 is 0 Å². The summed E-state index contributed by atoms with van der Waals surface area (Å²) >= 11 is 0. The Labute approximate surface area is 101 Å². The Hall–Kier alpha value is -1.56. The minimum absolute atomic E-state index is 0.506. The normalized spacial score (nSPS) is 17.4. The summed E-state index contributed by atoms with van der Waals surface area (Å²) in [6, 6.07) is 0.506. The molecule has 6 heteroatoms. The molecule has 1 saturated carbocycles. The van der Waals surface area contributed by atoms with Gasteiger partial charge in [-0.2, -0.15) is 0 Å². The summed E-state index contributed by atoms with van der Waals surface area (Å²) in [6.07, 6.45) is 8.64.